The minimum atomic E-state index is -1.17. The molecule has 0 aliphatic carbocycles. The van der Waals surface area contributed by atoms with Gasteiger partial charge in [-0.05, 0) is 5.92 Å². The molecule has 1 N–H and O–H groups in total. The molecule has 14 heavy (non-hydrogen) atoms. The minimum Gasteiger partial charge on any atom is -0.477 e. The Hall–Kier alpha value is -1.58. The molecule has 0 fully saturated rings. The second kappa shape index (κ2) is 4.09. The van der Waals surface area contributed by atoms with Crippen molar-refractivity contribution in [1.82, 2.24) is 4.57 Å². The molecule has 0 aliphatic rings. The number of rotatable bonds is 3. The van der Waals surface area contributed by atoms with Crippen molar-refractivity contribution in [2.45, 2.75) is 20.4 Å². The molecule has 76 valence electrons. The molecule has 0 unspecified atom stereocenters. The molecular formula is C10H13NO3. The Morgan fingerprint density at radius 2 is 2.21 bits per heavy atom. The summed E-state index contributed by atoms with van der Waals surface area (Å²) < 4.78 is 1.72. The first kappa shape index (κ1) is 10.5. The molecule has 0 saturated carbocycles. The van der Waals surface area contributed by atoms with Crippen LogP contribution in [0.4, 0.5) is 0 Å². The third kappa shape index (κ3) is 2.45. The van der Waals surface area contributed by atoms with Crippen LogP contribution < -0.4 is 5.43 Å². The first-order valence-corrected chi connectivity index (χ1v) is 4.44. The number of carboxylic acid groups (broad SMARTS) is 1. The molecule has 0 bridgehead atoms. The Bertz CT molecular complexity index is 393. The van der Waals surface area contributed by atoms with Gasteiger partial charge in [-0.3, -0.25) is 4.79 Å². The topological polar surface area (TPSA) is 59.3 Å². The largest absolute Gasteiger partial charge is 0.477 e. The van der Waals surface area contributed by atoms with Crippen molar-refractivity contribution in [1.29, 1.82) is 0 Å². The molecule has 0 amide bonds. The van der Waals surface area contributed by atoms with E-state index < -0.39 is 11.4 Å². The van der Waals surface area contributed by atoms with Crippen LogP contribution in [0.15, 0.2) is 23.3 Å². The number of nitrogens with zero attached hydrogens (tertiary/aromatic N) is 1. The van der Waals surface area contributed by atoms with Crippen molar-refractivity contribution >= 4 is 5.97 Å². The molecule has 4 nitrogen and oxygen atoms in total. The molecule has 1 aromatic heterocycles. The molecule has 0 aromatic carbocycles. The lowest BCUT2D eigenvalue weighted by Gasteiger charge is -2.09. The summed E-state index contributed by atoms with van der Waals surface area (Å²) in [6.45, 7) is 4.76. The van der Waals surface area contributed by atoms with Crippen molar-refractivity contribution in [2.24, 2.45) is 5.92 Å². The van der Waals surface area contributed by atoms with Crippen LogP contribution in [0.1, 0.15) is 24.2 Å². The fraction of sp³-hybridized carbons (Fsp3) is 0.400. The molecule has 0 radical (unpaired) electrons. The summed E-state index contributed by atoms with van der Waals surface area (Å²) in [5.74, 6) is -0.757. The third-order valence-corrected chi connectivity index (χ3v) is 1.78. The van der Waals surface area contributed by atoms with E-state index in [1.54, 1.807) is 10.8 Å². The second-order valence-corrected chi connectivity index (χ2v) is 3.62. The fourth-order valence-corrected chi connectivity index (χ4v) is 1.22. The number of carbonyl (C=O) groups is 1. The monoisotopic (exact) mass is 195 g/mol. The number of hydrogen-bond donors (Lipinski definition) is 1. The summed E-state index contributed by atoms with van der Waals surface area (Å²) in [4.78, 5) is 21.8. The van der Waals surface area contributed by atoms with Gasteiger partial charge in [-0.1, -0.05) is 13.8 Å². The van der Waals surface area contributed by atoms with E-state index in [0.29, 0.717) is 12.5 Å². The first-order chi connectivity index (χ1) is 6.50. The smallest absolute Gasteiger partial charge is 0.341 e. The van der Waals surface area contributed by atoms with E-state index in [1.165, 1.54) is 12.3 Å². The van der Waals surface area contributed by atoms with Gasteiger partial charge < -0.3 is 9.67 Å². The number of pyridine rings is 1. The van der Waals surface area contributed by atoms with Gasteiger partial charge in [-0.15, -0.1) is 0 Å². The maximum absolute atomic E-state index is 11.1. The van der Waals surface area contributed by atoms with Gasteiger partial charge >= 0.3 is 5.97 Å². The lowest BCUT2D eigenvalue weighted by Crippen LogP contribution is -2.17. The standard InChI is InChI=1S/C10H13NO3/c1-7(2)5-11-4-3-9(12)8(6-11)10(13)14/h3-4,6-7H,5H2,1-2H3,(H,13,14). The zero-order valence-corrected chi connectivity index (χ0v) is 8.23. The van der Waals surface area contributed by atoms with Gasteiger partial charge in [0.15, 0.2) is 5.43 Å². The van der Waals surface area contributed by atoms with Crippen LogP contribution in [0.25, 0.3) is 0 Å². The van der Waals surface area contributed by atoms with Crippen molar-refractivity contribution in [2.75, 3.05) is 0 Å². The number of aromatic carboxylic acids is 1. The molecule has 1 rings (SSSR count). The van der Waals surface area contributed by atoms with Crippen molar-refractivity contribution in [3.63, 3.8) is 0 Å². The van der Waals surface area contributed by atoms with Crippen LogP contribution in [-0.2, 0) is 6.54 Å². The molecular weight excluding hydrogens is 182 g/mol. The van der Waals surface area contributed by atoms with E-state index >= 15 is 0 Å². The average molecular weight is 195 g/mol. The molecule has 1 aromatic rings. The molecule has 1 heterocycles. The van der Waals surface area contributed by atoms with Gasteiger partial charge in [0.1, 0.15) is 5.56 Å². The maximum Gasteiger partial charge on any atom is 0.341 e. The summed E-state index contributed by atoms with van der Waals surface area (Å²) in [6.07, 6.45) is 2.99. The highest BCUT2D eigenvalue weighted by Gasteiger charge is 2.08. The SMILES string of the molecule is CC(C)Cn1ccc(=O)c(C(=O)O)c1. The van der Waals surface area contributed by atoms with Gasteiger partial charge in [0.25, 0.3) is 0 Å². The highest BCUT2D eigenvalue weighted by Crippen LogP contribution is 1.99. The lowest BCUT2D eigenvalue weighted by molar-refractivity contribution is 0.0694. The van der Waals surface area contributed by atoms with Gasteiger partial charge in [0.05, 0.1) is 0 Å². The zero-order valence-electron chi connectivity index (χ0n) is 8.23. The summed E-state index contributed by atoms with van der Waals surface area (Å²) in [5.41, 5.74) is -0.620. The fourth-order valence-electron chi connectivity index (χ4n) is 1.22. The second-order valence-electron chi connectivity index (χ2n) is 3.62. The Labute approximate surface area is 81.8 Å². The van der Waals surface area contributed by atoms with E-state index in [4.69, 9.17) is 5.11 Å². The number of hydrogen-bond acceptors (Lipinski definition) is 2. The quantitative estimate of drug-likeness (QED) is 0.788. The van der Waals surface area contributed by atoms with E-state index in [2.05, 4.69) is 0 Å². The Balaban J connectivity index is 3.07. The lowest BCUT2D eigenvalue weighted by atomic mass is 10.2. The van der Waals surface area contributed by atoms with E-state index in [1.807, 2.05) is 13.8 Å². The molecule has 0 spiro atoms. The highest BCUT2D eigenvalue weighted by atomic mass is 16.4. The van der Waals surface area contributed by atoms with E-state index in [-0.39, 0.29) is 5.56 Å². The minimum absolute atomic E-state index is 0.173. The highest BCUT2D eigenvalue weighted by molar-refractivity contribution is 5.86. The van der Waals surface area contributed by atoms with Crippen LogP contribution >= 0.6 is 0 Å². The van der Waals surface area contributed by atoms with Crippen LogP contribution in [0.2, 0.25) is 0 Å². The zero-order chi connectivity index (χ0) is 10.7. The maximum atomic E-state index is 11.1. The van der Waals surface area contributed by atoms with E-state index in [9.17, 15) is 9.59 Å². The molecule has 4 heteroatoms. The first-order valence-electron chi connectivity index (χ1n) is 4.44. The van der Waals surface area contributed by atoms with Crippen LogP contribution in [0, 0.1) is 5.92 Å². The predicted molar refractivity (Wildman–Crippen MR) is 52.5 cm³/mol. The van der Waals surface area contributed by atoms with Crippen LogP contribution in [0.3, 0.4) is 0 Å². The van der Waals surface area contributed by atoms with Crippen molar-refractivity contribution < 1.29 is 9.90 Å². The Kier molecular flexibility index (Phi) is 3.06. The molecule has 0 saturated heterocycles. The predicted octanol–water partition coefficient (Wildman–Crippen LogP) is 1.20. The van der Waals surface area contributed by atoms with Crippen molar-refractivity contribution in [3.8, 4) is 0 Å². The van der Waals surface area contributed by atoms with Gasteiger partial charge in [-0.25, -0.2) is 4.79 Å². The van der Waals surface area contributed by atoms with Crippen LogP contribution in [-0.4, -0.2) is 15.6 Å². The van der Waals surface area contributed by atoms with Gasteiger partial charge in [-0.2, -0.15) is 0 Å². The Morgan fingerprint density at radius 3 is 2.71 bits per heavy atom. The number of carboxylic acids is 1. The molecule has 0 aliphatic heterocycles. The summed E-state index contributed by atoms with van der Waals surface area (Å²) in [5, 5.41) is 8.71. The third-order valence-electron chi connectivity index (χ3n) is 1.78. The Morgan fingerprint density at radius 1 is 1.57 bits per heavy atom. The van der Waals surface area contributed by atoms with Gasteiger partial charge in [0.2, 0.25) is 0 Å². The molecule has 0 atom stereocenters. The summed E-state index contributed by atoms with van der Waals surface area (Å²) >= 11 is 0. The van der Waals surface area contributed by atoms with E-state index in [0.717, 1.165) is 0 Å². The van der Waals surface area contributed by atoms with Gasteiger partial charge in [0, 0.05) is 25.0 Å². The van der Waals surface area contributed by atoms with Crippen molar-refractivity contribution in [3.05, 3.63) is 34.2 Å². The summed E-state index contributed by atoms with van der Waals surface area (Å²) in [6, 6.07) is 1.28. The summed E-state index contributed by atoms with van der Waals surface area (Å²) in [7, 11) is 0. The average Bonchev–Trinajstić information content (AvgIpc) is 2.07. The van der Waals surface area contributed by atoms with Crippen LogP contribution in [0.5, 0.6) is 0 Å². The normalized spacial score (nSPS) is 10.5. The number of aromatic nitrogens is 1.